The van der Waals surface area contributed by atoms with E-state index in [4.69, 9.17) is 5.73 Å². The molecule has 0 unspecified atom stereocenters. The van der Waals surface area contributed by atoms with Gasteiger partial charge in [0.2, 0.25) is 10.0 Å². The Bertz CT molecular complexity index is 488. The van der Waals surface area contributed by atoms with Crippen molar-refractivity contribution in [2.45, 2.75) is 24.2 Å². The molecule has 0 heterocycles. The van der Waals surface area contributed by atoms with Crippen LogP contribution >= 0.6 is 12.4 Å². The summed E-state index contributed by atoms with van der Waals surface area (Å²) in [6.45, 7) is 0.587. The standard InChI is InChI=1S/C11H16N2O2S.ClH/c12-6-7-13-16(14,15)11-5-4-9-2-1-3-10(9)8-11;/h4-5,8,13H,1-3,6-7,12H2;1H. The number of rotatable bonds is 4. The molecular formula is C11H17ClN2O2S. The van der Waals surface area contributed by atoms with Crippen molar-refractivity contribution in [1.82, 2.24) is 4.72 Å². The number of aryl methyl sites for hydroxylation is 2. The minimum atomic E-state index is -3.37. The second kappa shape index (κ2) is 5.82. The summed E-state index contributed by atoms with van der Waals surface area (Å²) >= 11 is 0. The smallest absolute Gasteiger partial charge is 0.240 e. The molecule has 0 aliphatic heterocycles. The minimum absolute atomic E-state index is 0. The van der Waals surface area contributed by atoms with Crippen LogP contribution in [0, 0.1) is 0 Å². The monoisotopic (exact) mass is 276 g/mol. The van der Waals surface area contributed by atoms with Gasteiger partial charge in [0.15, 0.2) is 0 Å². The molecule has 1 aromatic carbocycles. The molecule has 1 aliphatic rings. The van der Waals surface area contributed by atoms with E-state index in [1.807, 2.05) is 6.07 Å². The summed E-state index contributed by atoms with van der Waals surface area (Å²) in [5.41, 5.74) is 7.72. The number of hydrogen-bond acceptors (Lipinski definition) is 3. The Morgan fingerprint density at radius 2 is 1.94 bits per heavy atom. The maximum atomic E-state index is 11.8. The van der Waals surface area contributed by atoms with Gasteiger partial charge in [-0.3, -0.25) is 0 Å². The molecule has 0 spiro atoms. The van der Waals surface area contributed by atoms with Crippen LogP contribution in [0.4, 0.5) is 0 Å². The lowest BCUT2D eigenvalue weighted by Crippen LogP contribution is -2.29. The third kappa shape index (κ3) is 3.19. The van der Waals surface area contributed by atoms with Crippen LogP contribution in [0.5, 0.6) is 0 Å². The molecule has 3 N–H and O–H groups in total. The van der Waals surface area contributed by atoms with E-state index >= 15 is 0 Å². The summed E-state index contributed by atoms with van der Waals surface area (Å²) in [4.78, 5) is 0.349. The first-order chi connectivity index (χ1) is 7.63. The van der Waals surface area contributed by atoms with Crippen molar-refractivity contribution in [3.63, 3.8) is 0 Å². The lowest BCUT2D eigenvalue weighted by molar-refractivity contribution is 0.582. The fraction of sp³-hybridized carbons (Fsp3) is 0.455. The Kier molecular flexibility index (Phi) is 4.94. The van der Waals surface area contributed by atoms with Gasteiger partial charge in [-0.1, -0.05) is 6.07 Å². The van der Waals surface area contributed by atoms with Gasteiger partial charge >= 0.3 is 0 Å². The summed E-state index contributed by atoms with van der Waals surface area (Å²) in [7, 11) is -3.37. The third-order valence-corrected chi connectivity index (χ3v) is 4.28. The number of benzene rings is 1. The number of halogens is 1. The largest absolute Gasteiger partial charge is 0.329 e. The van der Waals surface area contributed by atoms with Crippen LogP contribution in [0.1, 0.15) is 17.5 Å². The minimum Gasteiger partial charge on any atom is -0.329 e. The van der Waals surface area contributed by atoms with Gasteiger partial charge < -0.3 is 5.73 Å². The molecule has 0 saturated heterocycles. The Balaban J connectivity index is 0.00000144. The van der Waals surface area contributed by atoms with Crippen molar-refractivity contribution in [1.29, 1.82) is 0 Å². The highest BCUT2D eigenvalue weighted by atomic mass is 35.5. The summed E-state index contributed by atoms with van der Waals surface area (Å²) < 4.78 is 26.1. The first-order valence-corrected chi connectivity index (χ1v) is 6.93. The molecule has 0 saturated carbocycles. The van der Waals surface area contributed by atoms with Crippen molar-refractivity contribution in [2.24, 2.45) is 5.73 Å². The predicted octanol–water partition coefficient (Wildman–Crippen LogP) is 0.834. The van der Waals surface area contributed by atoms with E-state index in [0.717, 1.165) is 24.8 Å². The maximum absolute atomic E-state index is 11.8. The van der Waals surface area contributed by atoms with E-state index in [0.29, 0.717) is 11.4 Å². The molecule has 1 aromatic rings. The van der Waals surface area contributed by atoms with Crippen molar-refractivity contribution in [3.05, 3.63) is 29.3 Å². The summed E-state index contributed by atoms with van der Waals surface area (Å²) in [6.07, 6.45) is 3.16. The average molecular weight is 277 g/mol. The zero-order valence-electron chi connectivity index (χ0n) is 9.48. The SMILES string of the molecule is Cl.NCCNS(=O)(=O)c1ccc2c(c1)CCC2. The molecule has 2 rings (SSSR count). The van der Waals surface area contributed by atoms with E-state index in [1.165, 1.54) is 5.56 Å². The average Bonchev–Trinajstić information content (AvgIpc) is 2.73. The van der Waals surface area contributed by atoms with Crippen LogP contribution in [-0.4, -0.2) is 21.5 Å². The van der Waals surface area contributed by atoms with Gasteiger partial charge in [0.1, 0.15) is 0 Å². The highest BCUT2D eigenvalue weighted by Gasteiger charge is 2.17. The van der Waals surface area contributed by atoms with Crippen LogP contribution in [0.25, 0.3) is 0 Å². The van der Waals surface area contributed by atoms with E-state index in [1.54, 1.807) is 12.1 Å². The number of fused-ring (bicyclic) bond motifs is 1. The van der Waals surface area contributed by atoms with Gasteiger partial charge in [0.25, 0.3) is 0 Å². The van der Waals surface area contributed by atoms with E-state index in [2.05, 4.69) is 4.72 Å². The summed E-state index contributed by atoms with van der Waals surface area (Å²) in [5, 5.41) is 0. The summed E-state index contributed by atoms with van der Waals surface area (Å²) in [5.74, 6) is 0. The number of nitrogens with one attached hydrogen (secondary N) is 1. The van der Waals surface area contributed by atoms with Crippen molar-refractivity contribution in [3.8, 4) is 0 Å². The molecule has 0 aromatic heterocycles. The topological polar surface area (TPSA) is 72.2 Å². The van der Waals surface area contributed by atoms with Gasteiger partial charge in [-0.05, 0) is 42.5 Å². The van der Waals surface area contributed by atoms with Gasteiger partial charge in [-0.2, -0.15) is 0 Å². The molecule has 96 valence electrons. The second-order valence-electron chi connectivity index (χ2n) is 3.97. The van der Waals surface area contributed by atoms with Crippen molar-refractivity contribution >= 4 is 22.4 Å². The van der Waals surface area contributed by atoms with Gasteiger partial charge in [-0.15, -0.1) is 12.4 Å². The van der Waals surface area contributed by atoms with Crippen molar-refractivity contribution < 1.29 is 8.42 Å². The van der Waals surface area contributed by atoms with E-state index in [9.17, 15) is 8.42 Å². The van der Waals surface area contributed by atoms with E-state index < -0.39 is 10.0 Å². The Labute approximate surface area is 108 Å². The van der Waals surface area contributed by atoms with Crippen LogP contribution in [0.15, 0.2) is 23.1 Å². The molecule has 17 heavy (non-hydrogen) atoms. The van der Waals surface area contributed by atoms with Crippen LogP contribution in [0.2, 0.25) is 0 Å². The predicted molar refractivity (Wildman–Crippen MR) is 70.0 cm³/mol. The molecule has 0 atom stereocenters. The third-order valence-electron chi connectivity index (χ3n) is 2.82. The van der Waals surface area contributed by atoms with Crippen LogP contribution in [0.3, 0.4) is 0 Å². The fourth-order valence-corrected chi connectivity index (χ4v) is 3.09. The molecular weight excluding hydrogens is 260 g/mol. The Morgan fingerprint density at radius 1 is 1.24 bits per heavy atom. The molecule has 6 heteroatoms. The number of nitrogens with two attached hydrogens (primary N) is 1. The Hall–Kier alpha value is -0.620. The highest BCUT2D eigenvalue weighted by molar-refractivity contribution is 7.89. The normalized spacial score (nSPS) is 14.2. The quantitative estimate of drug-likeness (QED) is 0.856. The second-order valence-corrected chi connectivity index (χ2v) is 5.74. The highest BCUT2D eigenvalue weighted by Crippen LogP contribution is 2.24. The zero-order valence-corrected chi connectivity index (χ0v) is 11.1. The number of hydrogen-bond donors (Lipinski definition) is 2. The first kappa shape index (κ1) is 14.4. The summed E-state index contributed by atoms with van der Waals surface area (Å²) in [6, 6.07) is 5.36. The number of sulfonamides is 1. The van der Waals surface area contributed by atoms with Gasteiger partial charge in [0.05, 0.1) is 4.90 Å². The van der Waals surface area contributed by atoms with Crippen LogP contribution in [-0.2, 0) is 22.9 Å². The van der Waals surface area contributed by atoms with Crippen molar-refractivity contribution in [2.75, 3.05) is 13.1 Å². The van der Waals surface area contributed by atoms with Gasteiger partial charge in [-0.25, -0.2) is 13.1 Å². The fourth-order valence-electron chi connectivity index (χ4n) is 1.99. The zero-order chi connectivity index (χ0) is 11.6. The lowest BCUT2D eigenvalue weighted by atomic mass is 10.1. The maximum Gasteiger partial charge on any atom is 0.240 e. The van der Waals surface area contributed by atoms with E-state index in [-0.39, 0.29) is 19.0 Å². The molecule has 0 radical (unpaired) electrons. The molecule has 1 aliphatic carbocycles. The van der Waals surface area contributed by atoms with Crippen LogP contribution < -0.4 is 10.5 Å². The molecule has 0 fully saturated rings. The first-order valence-electron chi connectivity index (χ1n) is 5.45. The molecule has 0 bridgehead atoms. The van der Waals surface area contributed by atoms with Gasteiger partial charge in [0, 0.05) is 13.1 Å². The molecule has 4 nitrogen and oxygen atoms in total. The lowest BCUT2D eigenvalue weighted by Gasteiger charge is -2.07. The molecule has 0 amide bonds. The Morgan fingerprint density at radius 3 is 2.65 bits per heavy atom.